The summed E-state index contributed by atoms with van der Waals surface area (Å²) in [4.78, 5) is 9.02. The van der Waals surface area contributed by atoms with Gasteiger partial charge >= 0.3 is 0 Å². The summed E-state index contributed by atoms with van der Waals surface area (Å²) in [7, 11) is 0. The third-order valence-electron chi connectivity index (χ3n) is 5.57. The molecule has 27 heavy (non-hydrogen) atoms. The first-order valence-corrected chi connectivity index (χ1v) is 9.99. The molecule has 0 saturated heterocycles. The Morgan fingerprint density at radius 3 is 2.81 bits per heavy atom. The molecule has 8 heteroatoms. The summed E-state index contributed by atoms with van der Waals surface area (Å²) in [6.07, 6.45) is 6.28. The van der Waals surface area contributed by atoms with Crippen molar-refractivity contribution in [3.05, 3.63) is 44.8 Å². The fourth-order valence-corrected chi connectivity index (χ4v) is 5.74. The molecule has 0 radical (unpaired) electrons. The van der Waals surface area contributed by atoms with Gasteiger partial charge in [0.2, 0.25) is 5.28 Å². The number of allylic oxidation sites excluding steroid dienone is 1. The number of hydrogen-bond acceptors (Lipinski definition) is 7. The first-order valence-electron chi connectivity index (χ1n) is 8.80. The van der Waals surface area contributed by atoms with Gasteiger partial charge in [-0.05, 0) is 61.8 Å². The molecular weight excluding hydrogens is 382 g/mol. The Kier molecular flexibility index (Phi) is 4.41. The predicted octanol–water partition coefficient (Wildman–Crippen LogP) is 4.39. The van der Waals surface area contributed by atoms with Gasteiger partial charge in [-0.25, -0.2) is 9.97 Å². The number of aliphatic hydroxyl groups excluding tert-OH is 1. The van der Waals surface area contributed by atoms with E-state index < -0.39 is 5.41 Å². The number of aliphatic hydroxyl groups is 1. The minimum atomic E-state index is -0.564. The number of nitriles is 1. The summed E-state index contributed by atoms with van der Waals surface area (Å²) in [5.41, 5.74) is 8.21. The van der Waals surface area contributed by atoms with Crippen LogP contribution in [-0.4, -0.2) is 20.8 Å². The summed E-state index contributed by atoms with van der Waals surface area (Å²) in [5.74, 6) is -0.0304. The van der Waals surface area contributed by atoms with Crippen LogP contribution in [0, 0.1) is 16.7 Å². The molecule has 2 aliphatic carbocycles. The number of fused-ring (bicyclic) bond motifs is 2. The van der Waals surface area contributed by atoms with Crippen LogP contribution < -0.4 is 5.73 Å². The quantitative estimate of drug-likeness (QED) is 0.485. The topological polar surface area (TPSA) is 120 Å². The zero-order chi connectivity index (χ0) is 19.2. The lowest BCUT2D eigenvalue weighted by atomic mass is 9.60. The van der Waals surface area contributed by atoms with Crippen molar-refractivity contribution in [2.45, 2.75) is 43.9 Å². The van der Waals surface area contributed by atoms with Crippen molar-refractivity contribution < 1.29 is 5.11 Å². The summed E-state index contributed by atoms with van der Waals surface area (Å²) >= 11 is 7.32. The minimum Gasteiger partial charge on any atom is -0.505 e. The molecule has 0 aliphatic heterocycles. The van der Waals surface area contributed by atoms with Crippen molar-refractivity contribution in [1.29, 1.82) is 10.7 Å². The molecule has 1 spiro atoms. The van der Waals surface area contributed by atoms with E-state index in [0.717, 1.165) is 42.5 Å². The normalized spacial score (nSPS) is 23.8. The van der Waals surface area contributed by atoms with Crippen LogP contribution in [0.1, 0.15) is 53.8 Å². The number of rotatable bonds is 1. The Bertz CT molecular complexity index is 1020. The molecule has 1 saturated carbocycles. The molecule has 0 amide bonds. The number of anilines is 1. The molecule has 2 aromatic heterocycles. The first kappa shape index (κ1) is 18.0. The van der Waals surface area contributed by atoms with E-state index in [1.165, 1.54) is 17.5 Å². The third kappa shape index (κ3) is 2.71. The van der Waals surface area contributed by atoms with Gasteiger partial charge in [-0.3, -0.25) is 0 Å². The van der Waals surface area contributed by atoms with Gasteiger partial charge in [0.1, 0.15) is 22.5 Å². The maximum atomic E-state index is 10.8. The molecule has 2 heterocycles. The Labute approximate surface area is 165 Å². The Morgan fingerprint density at radius 2 is 2.11 bits per heavy atom. The minimum absolute atomic E-state index is 0.0304. The molecule has 4 rings (SSSR count). The maximum absolute atomic E-state index is 10.8. The zero-order valence-corrected chi connectivity index (χ0v) is 16.1. The van der Waals surface area contributed by atoms with Gasteiger partial charge in [-0.15, -0.1) is 11.3 Å². The van der Waals surface area contributed by atoms with E-state index in [1.807, 2.05) is 0 Å². The summed E-state index contributed by atoms with van der Waals surface area (Å²) < 4.78 is 0. The Morgan fingerprint density at radius 1 is 1.37 bits per heavy atom. The van der Waals surface area contributed by atoms with E-state index in [2.05, 4.69) is 16.0 Å². The SMILES string of the molecule is N#Cc1c(N)sc2c1[C@]1(CCC/C(=C(/O)c3ccnc(Cl)n3)C1=N)CCC2. The van der Waals surface area contributed by atoms with E-state index in [1.54, 1.807) is 6.07 Å². The Balaban J connectivity index is 1.87. The number of halogens is 1. The number of nitrogens with one attached hydrogen (secondary N) is 1. The van der Waals surface area contributed by atoms with Gasteiger partial charge in [0.05, 0.1) is 5.56 Å². The molecule has 2 aliphatic rings. The van der Waals surface area contributed by atoms with Crippen molar-refractivity contribution in [1.82, 2.24) is 9.97 Å². The molecule has 138 valence electrons. The number of thiophene rings is 1. The number of aryl methyl sites for hydroxylation is 1. The predicted molar refractivity (Wildman–Crippen MR) is 106 cm³/mol. The summed E-state index contributed by atoms with van der Waals surface area (Å²) in [6.45, 7) is 0. The molecular formula is C19H18ClN5OS. The average molecular weight is 400 g/mol. The standard InChI is InChI=1S/C19H18ClN5OS/c20-18-24-8-5-12(25-18)15(26)10-3-1-6-19(16(10)22)7-2-4-13-14(19)11(9-21)17(23)27-13/h5,8,22,26H,1-4,6-7,23H2/b15-10-,22-16?/t19-/m0/s1. The second-order valence-corrected chi connectivity index (χ2v) is 8.43. The smallest absolute Gasteiger partial charge is 0.222 e. The van der Waals surface area contributed by atoms with Gasteiger partial charge in [0, 0.05) is 27.8 Å². The van der Waals surface area contributed by atoms with Gasteiger partial charge in [0.25, 0.3) is 0 Å². The average Bonchev–Trinajstić information content (AvgIpc) is 3.00. The number of aromatic nitrogens is 2. The van der Waals surface area contributed by atoms with Crippen molar-refractivity contribution in [2.24, 2.45) is 0 Å². The molecule has 0 unspecified atom stereocenters. The second-order valence-electron chi connectivity index (χ2n) is 6.95. The molecule has 2 aromatic rings. The van der Waals surface area contributed by atoms with Crippen molar-refractivity contribution in [2.75, 3.05) is 5.73 Å². The van der Waals surface area contributed by atoms with Gasteiger partial charge in [0.15, 0.2) is 0 Å². The van der Waals surface area contributed by atoms with Crippen LogP contribution in [-0.2, 0) is 11.8 Å². The van der Waals surface area contributed by atoms with E-state index in [9.17, 15) is 10.4 Å². The highest BCUT2D eigenvalue weighted by Gasteiger charge is 2.47. The molecule has 1 atom stereocenters. The van der Waals surface area contributed by atoms with Crippen LogP contribution in [0.2, 0.25) is 5.28 Å². The fourth-order valence-electron chi connectivity index (χ4n) is 4.43. The summed E-state index contributed by atoms with van der Waals surface area (Å²) in [5, 5.41) is 30.1. The van der Waals surface area contributed by atoms with Gasteiger partial charge in [-0.1, -0.05) is 0 Å². The van der Waals surface area contributed by atoms with Crippen LogP contribution in [0.3, 0.4) is 0 Å². The molecule has 0 bridgehead atoms. The molecule has 4 N–H and O–H groups in total. The third-order valence-corrected chi connectivity index (χ3v) is 6.83. The number of nitrogens with zero attached hydrogens (tertiary/aromatic N) is 3. The number of hydrogen-bond donors (Lipinski definition) is 3. The second kappa shape index (κ2) is 6.63. The lowest BCUT2D eigenvalue weighted by molar-refractivity contribution is 0.409. The van der Waals surface area contributed by atoms with Crippen molar-refractivity contribution >= 4 is 39.4 Å². The van der Waals surface area contributed by atoms with E-state index in [-0.39, 0.29) is 11.0 Å². The molecule has 0 aromatic carbocycles. The van der Waals surface area contributed by atoms with Crippen molar-refractivity contribution in [3.63, 3.8) is 0 Å². The lowest BCUT2D eigenvalue weighted by Gasteiger charge is -2.42. The van der Waals surface area contributed by atoms with Crippen LogP contribution in [0.15, 0.2) is 17.8 Å². The molecule has 6 nitrogen and oxygen atoms in total. The van der Waals surface area contributed by atoms with Crippen LogP contribution in [0.25, 0.3) is 5.76 Å². The van der Waals surface area contributed by atoms with E-state index >= 15 is 0 Å². The highest BCUT2D eigenvalue weighted by Crippen LogP contribution is 2.52. The maximum Gasteiger partial charge on any atom is 0.222 e. The van der Waals surface area contributed by atoms with Crippen LogP contribution in [0.5, 0.6) is 0 Å². The van der Waals surface area contributed by atoms with Crippen molar-refractivity contribution in [3.8, 4) is 6.07 Å². The zero-order valence-electron chi connectivity index (χ0n) is 14.5. The van der Waals surface area contributed by atoms with Crippen LogP contribution >= 0.6 is 22.9 Å². The highest BCUT2D eigenvalue weighted by atomic mass is 35.5. The lowest BCUT2D eigenvalue weighted by Crippen LogP contribution is -2.42. The number of nitrogens with two attached hydrogens (primary N) is 1. The van der Waals surface area contributed by atoms with Gasteiger partial charge in [-0.2, -0.15) is 5.26 Å². The fraction of sp³-hybridized carbons (Fsp3) is 0.368. The van der Waals surface area contributed by atoms with E-state index in [0.29, 0.717) is 34.0 Å². The summed E-state index contributed by atoms with van der Waals surface area (Å²) in [6, 6.07) is 3.83. The molecule has 1 fully saturated rings. The highest BCUT2D eigenvalue weighted by molar-refractivity contribution is 7.16. The monoisotopic (exact) mass is 399 g/mol. The first-order chi connectivity index (χ1) is 13.0. The number of nitrogen functional groups attached to an aromatic ring is 1. The van der Waals surface area contributed by atoms with Gasteiger partial charge < -0.3 is 16.2 Å². The van der Waals surface area contributed by atoms with Crippen LogP contribution in [0.4, 0.5) is 5.00 Å². The largest absolute Gasteiger partial charge is 0.505 e. The Hall–Kier alpha value is -2.43. The van der Waals surface area contributed by atoms with E-state index in [4.69, 9.17) is 22.7 Å².